The molecule has 1 atom stereocenters. The maximum atomic E-state index is 13.3. The molecule has 0 saturated heterocycles. The summed E-state index contributed by atoms with van der Waals surface area (Å²) in [6, 6.07) is 9.94. The van der Waals surface area contributed by atoms with Gasteiger partial charge in [-0.15, -0.1) is 0 Å². The third-order valence-electron chi connectivity index (χ3n) is 4.53. The molecule has 0 fully saturated rings. The van der Waals surface area contributed by atoms with E-state index < -0.39 is 15.8 Å². The summed E-state index contributed by atoms with van der Waals surface area (Å²) in [5, 5.41) is 0.0560. The number of oxazole rings is 1. The van der Waals surface area contributed by atoms with Crippen molar-refractivity contribution < 1.29 is 12.8 Å². The summed E-state index contributed by atoms with van der Waals surface area (Å²) in [4.78, 5) is 11.6. The second-order valence-electron chi connectivity index (χ2n) is 6.16. The summed E-state index contributed by atoms with van der Waals surface area (Å²) in [5.74, 6) is -0.569. The number of halogens is 1. The van der Waals surface area contributed by atoms with Crippen molar-refractivity contribution in [2.24, 2.45) is 7.05 Å². The normalized spacial score (nSPS) is 17.2. The highest BCUT2D eigenvalue weighted by atomic mass is 35.5. The van der Waals surface area contributed by atoms with Crippen LogP contribution < -0.4 is 10.1 Å². The van der Waals surface area contributed by atoms with E-state index in [1.54, 1.807) is 12.1 Å². The van der Waals surface area contributed by atoms with Gasteiger partial charge in [0, 0.05) is 19.2 Å². The molecule has 4 rings (SSSR count). The molecular formula is C17H15ClN2O4S. The molecule has 0 bridgehead atoms. The number of hydrogen-bond donors (Lipinski definition) is 0. The third-order valence-corrected chi connectivity index (χ3v) is 6.92. The molecule has 3 aromatic rings. The minimum atomic E-state index is -3.90. The van der Waals surface area contributed by atoms with E-state index >= 15 is 0 Å². The van der Waals surface area contributed by atoms with Crippen LogP contribution in [0.5, 0.6) is 0 Å². The van der Waals surface area contributed by atoms with Gasteiger partial charge in [-0.3, -0.25) is 8.87 Å². The zero-order chi connectivity index (χ0) is 17.9. The van der Waals surface area contributed by atoms with Crippen molar-refractivity contribution in [3.63, 3.8) is 0 Å². The Bertz CT molecular complexity index is 1160. The molecule has 0 saturated carbocycles. The fraction of sp³-hybridized carbons (Fsp3) is 0.235. The van der Waals surface area contributed by atoms with Crippen molar-refractivity contribution in [2.45, 2.75) is 24.3 Å². The number of sulfonamides is 1. The first-order valence-corrected chi connectivity index (χ1v) is 9.54. The summed E-state index contributed by atoms with van der Waals surface area (Å²) in [6.07, 6.45) is 0.635. The van der Waals surface area contributed by atoms with Crippen LogP contribution in [0.25, 0.3) is 11.1 Å². The zero-order valence-electron chi connectivity index (χ0n) is 13.6. The first kappa shape index (κ1) is 16.2. The number of anilines is 1. The second-order valence-corrected chi connectivity index (χ2v) is 8.35. The molecule has 25 heavy (non-hydrogen) atoms. The lowest BCUT2D eigenvalue weighted by atomic mass is 10.1. The largest absolute Gasteiger partial charge is 0.419 e. The fourth-order valence-corrected chi connectivity index (χ4v) is 5.55. The van der Waals surface area contributed by atoms with Gasteiger partial charge in [0.15, 0.2) is 5.58 Å². The van der Waals surface area contributed by atoms with Gasteiger partial charge in [-0.05, 0) is 31.0 Å². The minimum Gasteiger partial charge on any atom is -0.408 e. The number of aromatic nitrogens is 1. The van der Waals surface area contributed by atoms with Crippen LogP contribution in [0.2, 0.25) is 5.02 Å². The molecule has 1 aromatic heterocycles. The van der Waals surface area contributed by atoms with E-state index in [0.29, 0.717) is 17.6 Å². The van der Waals surface area contributed by atoms with Gasteiger partial charge >= 0.3 is 5.76 Å². The molecule has 1 aliphatic rings. The van der Waals surface area contributed by atoms with Crippen LogP contribution in [0.15, 0.2) is 50.5 Å². The van der Waals surface area contributed by atoms with E-state index in [2.05, 4.69) is 0 Å². The number of nitrogens with zero attached hydrogens (tertiary/aromatic N) is 2. The monoisotopic (exact) mass is 378 g/mol. The van der Waals surface area contributed by atoms with Crippen LogP contribution in [-0.4, -0.2) is 19.0 Å². The van der Waals surface area contributed by atoms with E-state index in [-0.39, 0.29) is 21.5 Å². The molecule has 0 amide bonds. The predicted octanol–water partition coefficient (Wildman–Crippen LogP) is 2.92. The third kappa shape index (κ3) is 2.30. The highest BCUT2D eigenvalue weighted by molar-refractivity contribution is 7.93. The average molecular weight is 379 g/mol. The molecule has 0 N–H and O–H groups in total. The van der Waals surface area contributed by atoms with Crippen LogP contribution >= 0.6 is 11.6 Å². The lowest BCUT2D eigenvalue weighted by Gasteiger charge is -2.24. The molecular weight excluding hydrogens is 364 g/mol. The number of benzene rings is 2. The Morgan fingerprint density at radius 2 is 1.96 bits per heavy atom. The SMILES string of the molecule is C[C@@H]1Cc2ccccc2N1S(=O)(=O)c1cc2oc(=O)n(C)c2cc1Cl. The molecule has 0 unspecified atom stereocenters. The Morgan fingerprint density at radius 1 is 1.24 bits per heavy atom. The molecule has 1 aliphatic heterocycles. The van der Waals surface area contributed by atoms with Gasteiger partial charge in [-0.1, -0.05) is 29.8 Å². The minimum absolute atomic E-state index is 0.0560. The lowest BCUT2D eigenvalue weighted by Crippen LogP contribution is -2.35. The molecule has 0 radical (unpaired) electrons. The van der Waals surface area contributed by atoms with Gasteiger partial charge in [0.05, 0.1) is 16.2 Å². The summed E-state index contributed by atoms with van der Waals surface area (Å²) in [7, 11) is -2.36. The Kier molecular flexibility index (Phi) is 3.49. The van der Waals surface area contributed by atoms with Crippen molar-refractivity contribution in [3.8, 4) is 0 Å². The number of aryl methyl sites for hydroxylation is 1. The topological polar surface area (TPSA) is 72.5 Å². The van der Waals surface area contributed by atoms with E-state index in [9.17, 15) is 13.2 Å². The summed E-state index contributed by atoms with van der Waals surface area (Å²) < 4.78 is 34.3. The highest BCUT2D eigenvalue weighted by Gasteiger charge is 2.37. The van der Waals surface area contributed by atoms with Crippen molar-refractivity contribution in [3.05, 3.63) is 57.5 Å². The molecule has 130 valence electrons. The smallest absolute Gasteiger partial charge is 0.408 e. The molecule has 6 nitrogen and oxygen atoms in total. The Labute approximate surface area is 149 Å². The Morgan fingerprint density at radius 3 is 2.72 bits per heavy atom. The molecule has 2 heterocycles. The number of fused-ring (bicyclic) bond motifs is 2. The number of hydrogen-bond acceptors (Lipinski definition) is 4. The average Bonchev–Trinajstić information content (AvgIpc) is 3.04. The molecule has 0 aliphatic carbocycles. The van der Waals surface area contributed by atoms with Crippen molar-refractivity contribution in [1.29, 1.82) is 0 Å². The van der Waals surface area contributed by atoms with E-state index in [1.807, 2.05) is 19.1 Å². The molecule has 2 aromatic carbocycles. The zero-order valence-corrected chi connectivity index (χ0v) is 15.1. The van der Waals surface area contributed by atoms with Crippen LogP contribution in [0.4, 0.5) is 5.69 Å². The van der Waals surface area contributed by atoms with Crippen LogP contribution in [0.1, 0.15) is 12.5 Å². The predicted molar refractivity (Wildman–Crippen MR) is 95.7 cm³/mol. The van der Waals surface area contributed by atoms with E-state index in [4.69, 9.17) is 16.0 Å². The molecule has 8 heteroatoms. The second kappa shape index (κ2) is 5.37. The summed E-state index contributed by atoms with van der Waals surface area (Å²) >= 11 is 6.26. The van der Waals surface area contributed by atoms with Gasteiger partial charge in [0.25, 0.3) is 10.0 Å². The quantitative estimate of drug-likeness (QED) is 0.687. The number of para-hydroxylation sites is 1. The van der Waals surface area contributed by atoms with Gasteiger partial charge in [0.1, 0.15) is 4.90 Å². The van der Waals surface area contributed by atoms with Gasteiger partial charge in [-0.2, -0.15) is 0 Å². The first-order valence-electron chi connectivity index (χ1n) is 7.72. The lowest BCUT2D eigenvalue weighted by molar-refractivity contribution is 0.527. The Balaban J connectivity index is 1.93. The van der Waals surface area contributed by atoms with Gasteiger partial charge < -0.3 is 4.42 Å². The van der Waals surface area contributed by atoms with Crippen LogP contribution in [-0.2, 0) is 23.5 Å². The van der Waals surface area contributed by atoms with Crippen LogP contribution in [0, 0.1) is 0 Å². The standard InChI is InChI=1S/C17H15ClN2O4S/c1-10-7-11-5-3-4-6-13(11)20(10)25(22,23)16-9-15-14(8-12(16)18)19(2)17(21)24-15/h3-6,8-10H,7H2,1-2H3/t10-/m1/s1. The summed E-state index contributed by atoms with van der Waals surface area (Å²) in [5.41, 5.74) is 2.27. The van der Waals surface area contributed by atoms with E-state index in [1.165, 1.54) is 28.1 Å². The van der Waals surface area contributed by atoms with Gasteiger partial charge in [0.2, 0.25) is 0 Å². The maximum absolute atomic E-state index is 13.3. The highest BCUT2D eigenvalue weighted by Crippen LogP contribution is 2.38. The molecule has 0 spiro atoms. The maximum Gasteiger partial charge on any atom is 0.419 e. The van der Waals surface area contributed by atoms with Crippen molar-refractivity contribution in [1.82, 2.24) is 4.57 Å². The van der Waals surface area contributed by atoms with Gasteiger partial charge in [-0.25, -0.2) is 13.2 Å². The van der Waals surface area contributed by atoms with E-state index in [0.717, 1.165) is 5.56 Å². The number of rotatable bonds is 2. The Hall–Kier alpha value is -2.25. The van der Waals surface area contributed by atoms with Crippen molar-refractivity contribution >= 4 is 38.4 Å². The summed E-state index contributed by atoms with van der Waals surface area (Å²) in [6.45, 7) is 1.85. The first-order chi connectivity index (χ1) is 11.8. The van der Waals surface area contributed by atoms with Crippen molar-refractivity contribution in [2.75, 3.05) is 4.31 Å². The van der Waals surface area contributed by atoms with Crippen LogP contribution in [0.3, 0.4) is 0 Å². The fourth-order valence-electron chi connectivity index (χ4n) is 3.34.